The van der Waals surface area contributed by atoms with Gasteiger partial charge in [-0.1, -0.05) is 18.2 Å². The third-order valence-electron chi connectivity index (χ3n) is 4.41. The Hall–Kier alpha value is -2.42. The highest BCUT2D eigenvalue weighted by Crippen LogP contribution is 2.34. The number of aliphatic hydroxyl groups is 1. The summed E-state index contributed by atoms with van der Waals surface area (Å²) in [5.41, 5.74) is 2.46. The zero-order chi connectivity index (χ0) is 17.1. The number of nitriles is 1. The van der Waals surface area contributed by atoms with Gasteiger partial charge in [-0.3, -0.25) is 4.90 Å². The summed E-state index contributed by atoms with van der Waals surface area (Å²) in [6.07, 6.45) is 0.209. The van der Waals surface area contributed by atoms with Gasteiger partial charge < -0.3 is 9.84 Å². The van der Waals surface area contributed by atoms with E-state index in [1.165, 1.54) is 19.2 Å². The standard InChI is InChI=1S/C19H19FN2O2/c1-24-19-7-2-13(8-15(19)10-21)11-22-12-17(23)9-18(22)14-3-5-16(20)6-4-14/h2-8,17-18,23H,9,11-12H2,1H3/t17-,18+/m1/s1. The highest BCUT2D eigenvalue weighted by Gasteiger charge is 2.32. The molecule has 24 heavy (non-hydrogen) atoms. The summed E-state index contributed by atoms with van der Waals surface area (Å²) in [5, 5.41) is 19.3. The number of nitrogens with zero attached hydrogens (tertiary/aromatic N) is 2. The maximum Gasteiger partial charge on any atom is 0.136 e. The quantitative estimate of drug-likeness (QED) is 0.938. The second-order valence-electron chi connectivity index (χ2n) is 6.03. The summed E-state index contributed by atoms with van der Waals surface area (Å²) in [7, 11) is 1.54. The number of hydrogen-bond acceptors (Lipinski definition) is 4. The first-order valence-corrected chi connectivity index (χ1v) is 7.85. The van der Waals surface area contributed by atoms with E-state index < -0.39 is 6.10 Å². The second kappa shape index (κ2) is 7.00. The average molecular weight is 326 g/mol. The second-order valence-corrected chi connectivity index (χ2v) is 6.03. The molecule has 0 aromatic heterocycles. The van der Waals surface area contributed by atoms with Gasteiger partial charge in [-0.2, -0.15) is 5.26 Å². The van der Waals surface area contributed by atoms with Gasteiger partial charge in [-0.05, 0) is 41.8 Å². The number of halogens is 1. The van der Waals surface area contributed by atoms with Crippen molar-refractivity contribution in [1.29, 1.82) is 5.26 Å². The van der Waals surface area contributed by atoms with Crippen LogP contribution in [0.1, 0.15) is 29.2 Å². The molecule has 0 spiro atoms. The van der Waals surface area contributed by atoms with Crippen LogP contribution in [0, 0.1) is 17.1 Å². The molecule has 3 rings (SSSR count). The van der Waals surface area contributed by atoms with E-state index in [-0.39, 0.29) is 11.9 Å². The first kappa shape index (κ1) is 16.4. The molecule has 1 N–H and O–H groups in total. The third-order valence-corrected chi connectivity index (χ3v) is 4.41. The Morgan fingerprint density at radius 1 is 1.29 bits per heavy atom. The van der Waals surface area contributed by atoms with E-state index in [1.54, 1.807) is 18.2 Å². The molecule has 0 unspecified atom stereocenters. The Bertz CT molecular complexity index is 755. The predicted molar refractivity (Wildman–Crippen MR) is 87.9 cm³/mol. The van der Waals surface area contributed by atoms with Gasteiger partial charge in [0, 0.05) is 19.1 Å². The Morgan fingerprint density at radius 2 is 2.04 bits per heavy atom. The van der Waals surface area contributed by atoms with Gasteiger partial charge in [0.15, 0.2) is 0 Å². The number of rotatable bonds is 4. The Balaban J connectivity index is 1.82. The van der Waals surface area contributed by atoms with E-state index in [2.05, 4.69) is 11.0 Å². The molecule has 1 fully saturated rings. The van der Waals surface area contributed by atoms with Crippen molar-refractivity contribution in [1.82, 2.24) is 4.90 Å². The van der Waals surface area contributed by atoms with Crippen LogP contribution in [0.2, 0.25) is 0 Å². The number of β-amino-alcohol motifs (C(OH)–C–C–N with tert-alkyl or cyclic N) is 1. The minimum Gasteiger partial charge on any atom is -0.495 e. The van der Waals surface area contributed by atoms with Crippen LogP contribution in [0.15, 0.2) is 42.5 Å². The molecule has 124 valence electrons. The molecule has 1 saturated heterocycles. The largest absolute Gasteiger partial charge is 0.495 e. The van der Waals surface area contributed by atoms with Gasteiger partial charge in [-0.25, -0.2) is 4.39 Å². The van der Waals surface area contributed by atoms with Crippen molar-refractivity contribution in [2.75, 3.05) is 13.7 Å². The maximum atomic E-state index is 13.1. The summed E-state index contributed by atoms with van der Waals surface area (Å²) in [5.74, 6) is 0.287. The molecule has 2 aromatic carbocycles. The van der Waals surface area contributed by atoms with Crippen LogP contribution in [-0.2, 0) is 6.54 Å². The van der Waals surface area contributed by atoms with Crippen LogP contribution >= 0.6 is 0 Å². The maximum absolute atomic E-state index is 13.1. The molecule has 0 aliphatic carbocycles. The van der Waals surface area contributed by atoms with Crippen molar-refractivity contribution < 1.29 is 14.2 Å². The van der Waals surface area contributed by atoms with Crippen molar-refractivity contribution in [3.8, 4) is 11.8 Å². The molecule has 1 aliphatic rings. The lowest BCUT2D eigenvalue weighted by Gasteiger charge is -2.24. The lowest BCUT2D eigenvalue weighted by molar-refractivity contribution is 0.172. The van der Waals surface area contributed by atoms with E-state index >= 15 is 0 Å². The minimum atomic E-state index is -0.409. The number of ether oxygens (including phenoxy) is 1. The third kappa shape index (κ3) is 3.40. The summed E-state index contributed by atoms with van der Waals surface area (Å²) >= 11 is 0. The van der Waals surface area contributed by atoms with E-state index in [9.17, 15) is 14.8 Å². The van der Waals surface area contributed by atoms with Crippen molar-refractivity contribution in [3.63, 3.8) is 0 Å². The van der Waals surface area contributed by atoms with Crippen LogP contribution in [-0.4, -0.2) is 29.8 Å². The minimum absolute atomic E-state index is 0.0354. The first-order valence-electron chi connectivity index (χ1n) is 7.85. The summed E-state index contributed by atoms with van der Waals surface area (Å²) in [6, 6.07) is 14.1. The summed E-state index contributed by atoms with van der Waals surface area (Å²) < 4.78 is 18.3. The SMILES string of the molecule is COc1ccc(CN2C[C@H](O)C[C@H]2c2ccc(F)cc2)cc1C#N. The molecule has 0 saturated carbocycles. The van der Waals surface area contributed by atoms with E-state index in [4.69, 9.17) is 4.74 Å². The van der Waals surface area contributed by atoms with Crippen LogP contribution in [0.5, 0.6) is 5.75 Å². The number of methoxy groups -OCH3 is 1. The molecule has 2 atom stereocenters. The van der Waals surface area contributed by atoms with Crippen LogP contribution < -0.4 is 4.74 Å². The number of benzene rings is 2. The van der Waals surface area contributed by atoms with Crippen molar-refractivity contribution in [3.05, 3.63) is 65.0 Å². The Labute approximate surface area is 140 Å². The highest BCUT2D eigenvalue weighted by atomic mass is 19.1. The molecule has 1 heterocycles. The molecule has 5 heteroatoms. The predicted octanol–water partition coefficient (Wildman–Crippen LogP) is 3.01. The fraction of sp³-hybridized carbons (Fsp3) is 0.316. The molecular weight excluding hydrogens is 307 g/mol. The van der Waals surface area contributed by atoms with E-state index in [0.717, 1.165) is 11.1 Å². The fourth-order valence-electron chi connectivity index (χ4n) is 3.26. The molecule has 2 aromatic rings. The molecular formula is C19H19FN2O2. The van der Waals surface area contributed by atoms with Gasteiger partial charge in [0.05, 0.1) is 18.8 Å². The lowest BCUT2D eigenvalue weighted by Crippen LogP contribution is -2.24. The molecule has 1 aliphatic heterocycles. The fourth-order valence-corrected chi connectivity index (χ4v) is 3.26. The van der Waals surface area contributed by atoms with Gasteiger partial charge in [0.2, 0.25) is 0 Å². The van der Waals surface area contributed by atoms with Crippen molar-refractivity contribution in [2.24, 2.45) is 0 Å². The smallest absolute Gasteiger partial charge is 0.136 e. The normalized spacial score (nSPS) is 20.8. The zero-order valence-corrected chi connectivity index (χ0v) is 13.4. The van der Waals surface area contributed by atoms with Gasteiger partial charge in [0.25, 0.3) is 0 Å². The number of aliphatic hydroxyl groups excluding tert-OH is 1. The Morgan fingerprint density at radius 3 is 2.71 bits per heavy atom. The van der Waals surface area contributed by atoms with E-state index in [0.29, 0.717) is 30.8 Å². The van der Waals surface area contributed by atoms with Crippen LogP contribution in [0.4, 0.5) is 4.39 Å². The monoisotopic (exact) mass is 326 g/mol. The van der Waals surface area contributed by atoms with E-state index in [1.807, 2.05) is 12.1 Å². The molecule has 0 radical (unpaired) electrons. The van der Waals surface area contributed by atoms with Crippen LogP contribution in [0.3, 0.4) is 0 Å². The van der Waals surface area contributed by atoms with Crippen molar-refractivity contribution >= 4 is 0 Å². The number of hydrogen-bond donors (Lipinski definition) is 1. The topological polar surface area (TPSA) is 56.5 Å². The summed E-state index contributed by atoms with van der Waals surface area (Å²) in [4.78, 5) is 2.15. The van der Waals surface area contributed by atoms with Crippen molar-refractivity contribution in [2.45, 2.75) is 25.1 Å². The zero-order valence-electron chi connectivity index (χ0n) is 13.4. The Kier molecular flexibility index (Phi) is 4.79. The molecule has 0 amide bonds. The number of likely N-dealkylation sites (tertiary alicyclic amines) is 1. The van der Waals surface area contributed by atoms with Gasteiger partial charge in [-0.15, -0.1) is 0 Å². The highest BCUT2D eigenvalue weighted by molar-refractivity contribution is 5.45. The lowest BCUT2D eigenvalue weighted by atomic mass is 10.0. The van der Waals surface area contributed by atoms with Gasteiger partial charge >= 0.3 is 0 Å². The van der Waals surface area contributed by atoms with Crippen LogP contribution in [0.25, 0.3) is 0 Å². The average Bonchev–Trinajstić information content (AvgIpc) is 2.95. The van der Waals surface area contributed by atoms with Gasteiger partial charge in [0.1, 0.15) is 17.6 Å². The summed E-state index contributed by atoms with van der Waals surface area (Å²) in [6.45, 7) is 1.16. The molecule has 4 nitrogen and oxygen atoms in total. The molecule has 0 bridgehead atoms. The first-order chi connectivity index (χ1) is 11.6.